The second kappa shape index (κ2) is 7.38. The third-order valence-electron chi connectivity index (χ3n) is 3.54. The van der Waals surface area contributed by atoms with Gasteiger partial charge in [0.15, 0.2) is 0 Å². The highest BCUT2D eigenvalue weighted by Crippen LogP contribution is 2.33. The van der Waals surface area contributed by atoms with E-state index in [9.17, 15) is 4.79 Å². The molecular formula is C18H14ClNO2S2. The van der Waals surface area contributed by atoms with Crippen molar-refractivity contribution in [1.82, 2.24) is 4.90 Å². The zero-order valence-electron chi connectivity index (χ0n) is 12.9. The van der Waals surface area contributed by atoms with Crippen LogP contribution in [0.25, 0.3) is 6.08 Å². The number of nitrogens with zero attached hydrogens (tertiary/aromatic N) is 1. The van der Waals surface area contributed by atoms with Crippen LogP contribution in [0.1, 0.15) is 11.1 Å². The molecule has 0 bridgehead atoms. The molecule has 0 spiro atoms. The second-order valence-corrected chi connectivity index (χ2v) is 7.28. The summed E-state index contributed by atoms with van der Waals surface area (Å²) in [4.78, 5) is 14.8. The average molecular weight is 376 g/mol. The third-order valence-corrected chi connectivity index (χ3v) is 5.17. The van der Waals surface area contributed by atoms with Gasteiger partial charge in [-0.2, -0.15) is 0 Å². The maximum atomic E-state index is 12.6. The van der Waals surface area contributed by atoms with Crippen molar-refractivity contribution in [2.75, 3.05) is 7.11 Å². The van der Waals surface area contributed by atoms with E-state index in [0.717, 1.165) is 16.9 Å². The summed E-state index contributed by atoms with van der Waals surface area (Å²) in [6, 6.07) is 14.9. The SMILES string of the molecule is COc1ccc(CN2C(=O)C(=Cc3ccc(Cl)cc3)SC2=S)cc1. The van der Waals surface area contributed by atoms with E-state index in [0.29, 0.717) is 20.8 Å². The quantitative estimate of drug-likeness (QED) is 0.569. The number of benzene rings is 2. The van der Waals surface area contributed by atoms with Crippen LogP contribution in [0, 0.1) is 0 Å². The Bertz CT molecular complexity index is 801. The largest absolute Gasteiger partial charge is 0.497 e. The number of halogens is 1. The normalized spacial score (nSPS) is 16.1. The molecule has 122 valence electrons. The van der Waals surface area contributed by atoms with Crippen LogP contribution in [-0.2, 0) is 11.3 Å². The Morgan fingerprint density at radius 2 is 1.83 bits per heavy atom. The Labute approximate surface area is 155 Å². The van der Waals surface area contributed by atoms with E-state index in [1.807, 2.05) is 42.5 Å². The Balaban J connectivity index is 1.77. The highest BCUT2D eigenvalue weighted by Gasteiger charge is 2.31. The molecule has 1 aliphatic heterocycles. The van der Waals surface area contributed by atoms with E-state index in [1.165, 1.54) is 11.8 Å². The summed E-state index contributed by atoms with van der Waals surface area (Å²) in [6.07, 6.45) is 1.84. The minimum atomic E-state index is -0.0734. The Morgan fingerprint density at radius 3 is 2.46 bits per heavy atom. The molecule has 1 heterocycles. The molecule has 0 radical (unpaired) electrons. The van der Waals surface area contributed by atoms with Gasteiger partial charge in [0.2, 0.25) is 0 Å². The summed E-state index contributed by atoms with van der Waals surface area (Å²) in [7, 11) is 1.62. The average Bonchev–Trinajstić information content (AvgIpc) is 2.85. The summed E-state index contributed by atoms with van der Waals surface area (Å²) in [6.45, 7) is 0.451. The Kier molecular flexibility index (Phi) is 5.23. The van der Waals surface area contributed by atoms with Gasteiger partial charge in [-0.3, -0.25) is 9.69 Å². The first-order valence-corrected chi connectivity index (χ1v) is 8.81. The standard InChI is InChI=1S/C18H14ClNO2S2/c1-22-15-8-4-13(5-9-15)11-20-17(21)16(24-18(20)23)10-12-2-6-14(19)7-3-12/h2-10H,11H2,1H3. The number of carbonyl (C=O) groups is 1. The van der Waals surface area contributed by atoms with Gasteiger partial charge < -0.3 is 4.74 Å². The molecule has 3 rings (SSSR count). The second-order valence-electron chi connectivity index (χ2n) is 5.17. The van der Waals surface area contributed by atoms with Crippen molar-refractivity contribution in [3.05, 3.63) is 69.6 Å². The summed E-state index contributed by atoms with van der Waals surface area (Å²) in [5.41, 5.74) is 1.92. The Morgan fingerprint density at radius 1 is 1.17 bits per heavy atom. The van der Waals surface area contributed by atoms with Crippen LogP contribution in [0.4, 0.5) is 0 Å². The zero-order chi connectivity index (χ0) is 17.1. The molecule has 0 aliphatic carbocycles. The summed E-state index contributed by atoms with van der Waals surface area (Å²) >= 11 is 12.6. The number of rotatable bonds is 4. The fourth-order valence-corrected chi connectivity index (χ4v) is 3.64. The number of hydrogen-bond acceptors (Lipinski definition) is 4. The molecule has 6 heteroatoms. The highest BCUT2D eigenvalue weighted by atomic mass is 35.5. The molecule has 0 atom stereocenters. The van der Waals surface area contributed by atoms with Gasteiger partial charge in [0.25, 0.3) is 5.91 Å². The van der Waals surface area contributed by atoms with Gasteiger partial charge in [0.05, 0.1) is 18.6 Å². The first-order valence-electron chi connectivity index (χ1n) is 7.20. The molecule has 1 fully saturated rings. The lowest BCUT2D eigenvalue weighted by molar-refractivity contribution is -0.122. The van der Waals surface area contributed by atoms with Gasteiger partial charge in [0, 0.05) is 5.02 Å². The van der Waals surface area contributed by atoms with Crippen molar-refractivity contribution < 1.29 is 9.53 Å². The lowest BCUT2D eigenvalue weighted by Crippen LogP contribution is -2.27. The molecule has 2 aromatic carbocycles. The van der Waals surface area contributed by atoms with E-state index < -0.39 is 0 Å². The van der Waals surface area contributed by atoms with Crippen LogP contribution in [0.15, 0.2) is 53.4 Å². The van der Waals surface area contributed by atoms with Crippen LogP contribution in [-0.4, -0.2) is 22.2 Å². The van der Waals surface area contributed by atoms with E-state index in [1.54, 1.807) is 24.1 Å². The molecule has 1 amide bonds. The predicted octanol–water partition coefficient (Wildman–Crippen LogP) is 4.75. The van der Waals surface area contributed by atoms with Gasteiger partial charge in [-0.25, -0.2) is 0 Å². The van der Waals surface area contributed by atoms with Crippen molar-refractivity contribution in [2.45, 2.75) is 6.54 Å². The molecule has 3 nitrogen and oxygen atoms in total. The monoisotopic (exact) mass is 375 g/mol. The van der Waals surface area contributed by atoms with Crippen molar-refractivity contribution in [3.8, 4) is 5.75 Å². The van der Waals surface area contributed by atoms with Crippen LogP contribution in [0.2, 0.25) is 5.02 Å². The number of hydrogen-bond donors (Lipinski definition) is 0. The van der Waals surface area contributed by atoms with Crippen molar-refractivity contribution in [1.29, 1.82) is 0 Å². The van der Waals surface area contributed by atoms with Crippen molar-refractivity contribution in [3.63, 3.8) is 0 Å². The molecule has 2 aromatic rings. The smallest absolute Gasteiger partial charge is 0.266 e. The van der Waals surface area contributed by atoms with E-state index in [-0.39, 0.29) is 5.91 Å². The van der Waals surface area contributed by atoms with Gasteiger partial charge in [0.1, 0.15) is 10.1 Å². The van der Waals surface area contributed by atoms with Crippen LogP contribution in [0.3, 0.4) is 0 Å². The van der Waals surface area contributed by atoms with Gasteiger partial charge in [-0.1, -0.05) is 59.8 Å². The topological polar surface area (TPSA) is 29.5 Å². The van der Waals surface area contributed by atoms with E-state index in [2.05, 4.69) is 0 Å². The summed E-state index contributed by atoms with van der Waals surface area (Å²) < 4.78 is 5.71. The molecular weight excluding hydrogens is 362 g/mol. The van der Waals surface area contributed by atoms with E-state index >= 15 is 0 Å². The molecule has 24 heavy (non-hydrogen) atoms. The number of methoxy groups -OCH3 is 1. The first-order chi connectivity index (χ1) is 11.6. The zero-order valence-corrected chi connectivity index (χ0v) is 15.3. The van der Waals surface area contributed by atoms with Gasteiger partial charge in [-0.15, -0.1) is 0 Å². The fraction of sp³-hybridized carbons (Fsp3) is 0.111. The fourth-order valence-electron chi connectivity index (χ4n) is 2.26. The Hall–Kier alpha value is -1.82. The lowest BCUT2D eigenvalue weighted by atomic mass is 10.2. The lowest BCUT2D eigenvalue weighted by Gasteiger charge is -2.14. The summed E-state index contributed by atoms with van der Waals surface area (Å²) in [5, 5.41) is 0.666. The minimum absolute atomic E-state index is 0.0734. The highest BCUT2D eigenvalue weighted by molar-refractivity contribution is 8.26. The van der Waals surface area contributed by atoms with Crippen LogP contribution >= 0.6 is 35.6 Å². The first kappa shape index (κ1) is 17.0. The molecule has 0 unspecified atom stereocenters. The van der Waals surface area contributed by atoms with Crippen molar-refractivity contribution in [2.24, 2.45) is 0 Å². The molecule has 1 aliphatic rings. The minimum Gasteiger partial charge on any atom is -0.497 e. The molecule has 0 N–H and O–H groups in total. The number of thiocarbonyl (C=S) groups is 1. The van der Waals surface area contributed by atoms with Crippen molar-refractivity contribution >= 4 is 51.9 Å². The van der Waals surface area contributed by atoms with Crippen LogP contribution < -0.4 is 4.74 Å². The number of thioether (sulfide) groups is 1. The van der Waals surface area contributed by atoms with Gasteiger partial charge >= 0.3 is 0 Å². The number of amides is 1. The number of ether oxygens (including phenoxy) is 1. The van der Waals surface area contributed by atoms with Gasteiger partial charge in [-0.05, 0) is 41.5 Å². The third kappa shape index (κ3) is 3.80. The van der Waals surface area contributed by atoms with E-state index in [4.69, 9.17) is 28.6 Å². The van der Waals surface area contributed by atoms with Crippen LogP contribution in [0.5, 0.6) is 5.75 Å². The molecule has 1 saturated heterocycles. The molecule has 0 saturated carbocycles. The predicted molar refractivity (Wildman–Crippen MR) is 103 cm³/mol. The number of carbonyl (C=O) groups excluding carboxylic acids is 1. The maximum Gasteiger partial charge on any atom is 0.266 e. The maximum absolute atomic E-state index is 12.6. The molecule has 0 aromatic heterocycles. The summed E-state index contributed by atoms with van der Waals surface area (Å²) in [5.74, 6) is 0.711.